The molecule has 6 heteroatoms. The summed E-state index contributed by atoms with van der Waals surface area (Å²) in [6.07, 6.45) is 4.00. The Bertz CT molecular complexity index is 680. The molecule has 1 aromatic heterocycles. The Balaban J connectivity index is 1.72. The average molecular weight is 441 g/mol. The minimum absolute atomic E-state index is 0.182. The fourth-order valence-electron chi connectivity index (χ4n) is 3.15. The van der Waals surface area contributed by atoms with Crippen LogP contribution in [0.3, 0.4) is 0 Å². The minimum atomic E-state index is -0.200. The van der Waals surface area contributed by atoms with Crippen LogP contribution in [0.2, 0.25) is 0 Å². The van der Waals surface area contributed by atoms with Crippen molar-refractivity contribution < 1.29 is 9.13 Å². The van der Waals surface area contributed by atoms with Gasteiger partial charge in [0.15, 0.2) is 0 Å². The van der Waals surface area contributed by atoms with E-state index >= 15 is 0 Å². The van der Waals surface area contributed by atoms with Gasteiger partial charge in [-0.25, -0.2) is 9.37 Å². The highest BCUT2D eigenvalue weighted by Gasteiger charge is 2.26. The Morgan fingerprint density at radius 2 is 2.17 bits per heavy atom. The van der Waals surface area contributed by atoms with Crippen LogP contribution in [0.4, 0.5) is 4.39 Å². The van der Waals surface area contributed by atoms with Crippen molar-refractivity contribution in [1.29, 1.82) is 0 Å². The quantitative estimate of drug-likeness (QED) is 0.699. The molecule has 1 aliphatic heterocycles. The number of piperidine rings is 1. The summed E-state index contributed by atoms with van der Waals surface area (Å²) >= 11 is 2.26. The number of pyridine rings is 1. The maximum absolute atomic E-state index is 13.2. The molecule has 0 saturated carbocycles. The van der Waals surface area contributed by atoms with Gasteiger partial charge in [0.05, 0.1) is 7.11 Å². The molecular weight excluding hydrogens is 420 g/mol. The molecule has 1 fully saturated rings. The van der Waals surface area contributed by atoms with Crippen molar-refractivity contribution in [2.75, 3.05) is 13.7 Å². The zero-order chi connectivity index (χ0) is 16.9. The van der Waals surface area contributed by atoms with E-state index in [0.29, 0.717) is 12.4 Å². The standard InChI is InChI=1S/C18H21FIN3O/c1-24-18-13(9-15(20)11-23-18)10-22-16-3-2-8-21-17(16)12-4-6-14(19)7-5-12/h4-7,9,11,16-17,21-22H,2-3,8,10H2,1H3/t16-,17-/m0/s1. The van der Waals surface area contributed by atoms with E-state index in [2.05, 4.69) is 44.3 Å². The topological polar surface area (TPSA) is 46.2 Å². The summed E-state index contributed by atoms with van der Waals surface area (Å²) in [6.45, 7) is 1.67. The molecule has 128 valence electrons. The largest absolute Gasteiger partial charge is 0.481 e. The first kappa shape index (κ1) is 17.6. The third-order valence-electron chi connectivity index (χ3n) is 4.33. The molecule has 1 saturated heterocycles. The summed E-state index contributed by atoms with van der Waals surface area (Å²) in [6, 6.07) is 9.32. The molecule has 1 aliphatic rings. The van der Waals surface area contributed by atoms with E-state index in [0.717, 1.165) is 34.1 Å². The predicted octanol–water partition coefficient (Wildman–Crippen LogP) is 3.42. The van der Waals surface area contributed by atoms with Crippen LogP contribution in [-0.2, 0) is 6.54 Å². The molecule has 0 spiro atoms. The summed E-state index contributed by atoms with van der Waals surface area (Å²) in [5.41, 5.74) is 2.16. The molecule has 2 heterocycles. The Hall–Kier alpha value is -1.25. The number of ether oxygens (including phenoxy) is 1. The highest BCUT2D eigenvalue weighted by atomic mass is 127. The molecule has 0 amide bonds. The fraction of sp³-hybridized carbons (Fsp3) is 0.389. The number of halogens is 2. The second kappa shape index (κ2) is 8.22. The number of hydrogen-bond donors (Lipinski definition) is 2. The maximum Gasteiger partial charge on any atom is 0.217 e. The lowest BCUT2D eigenvalue weighted by Crippen LogP contribution is -2.45. The van der Waals surface area contributed by atoms with Gasteiger partial charge in [-0.2, -0.15) is 0 Å². The zero-order valence-electron chi connectivity index (χ0n) is 13.6. The van der Waals surface area contributed by atoms with Crippen molar-refractivity contribution >= 4 is 22.6 Å². The van der Waals surface area contributed by atoms with Crippen LogP contribution in [0.5, 0.6) is 5.88 Å². The molecule has 24 heavy (non-hydrogen) atoms. The van der Waals surface area contributed by atoms with Crippen LogP contribution in [0, 0.1) is 9.39 Å². The van der Waals surface area contributed by atoms with E-state index in [-0.39, 0.29) is 17.9 Å². The van der Waals surface area contributed by atoms with Gasteiger partial charge in [-0.15, -0.1) is 0 Å². The van der Waals surface area contributed by atoms with E-state index in [9.17, 15) is 4.39 Å². The maximum atomic E-state index is 13.2. The van der Waals surface area contributed by atoms with Crippen molar-refractivity contribution in [3.05, 3.63) is 57.0 Å². The van der Waals surface area contributed by atoms with Gasteiger partial charge in [0.25, 0.3) is 0 Å². The predicted molar refractivity (Wildman–Crippen MR) is 101 cm³/mol. The lowest BCUT2D eigenvalue weighted by Gasteiger charge is -2.34. The van der Waals surface area contributed by atoms with E-state index < -0.39 is 0 Å². The second-order valence-corrected chi connectivity index (χ2v) is 7.18. The number of aromatic nitrogens is 1. The third kappa shape index (κ3) is 4.23. The first-order valence-corrected chi connectivity index (χ1v) is 9.16. The van der Waals surface area contributed by atoms with Crippen LogP contribution >= 0.6 is 22.6 Å². The summed E-state index contributed by atoms with van der Waals surface area (Å²) in [7, 11) is 1.64. The van der Waals surface area contributed by atoms with E-state index in [1.165, 1.54) is 12.1 Å². The highest BCUT2D eigenvalue weighted by molar-refractivity contribution is 14.1. The minimum Gasteiger partial charge on any atom is -0.481 e. The van der Waals surface area contributed by atoms with Gasteiger partial charge in [-0.05, 0) is 65.7 Å². The van der Waals surface area contributed by atoms with E-state index in [1.54, 1.807) is 13.3 Å². The zero-order valence-corrected chi connectivity index (χ0v) is 15.7. The highest BCUT2D eigenvalue weighted by Crippen LogP contribution is 2.25. The van der Waals surface area contributed by atoms with Crippen molar-refractivity contribution in [2.24, 2.45) is 0 Å². The summed E-state index contributed by atoms with van der Waals surface area (Å²) in [5.74, 6) is 0.457. The van der Waals surface area contributed by atoms with Crippen molar-refractivity contribution in [2.45, 2.75) is 31.5 Å². The van der Waals surface area contributed by atoms with Crippen molar-refractivity contribution in [3.63, 3.8) is 0 Å². The molecule has 0 bridgehead atoms. The van der Waals surface area contributed by atoms with Gasteiger partial charge >= 0.3 is 0 Å². The monoisotopic (exact) mass is 441 g/mol. The van der Waals surface area contributed by atoms with Crippen LogP contribution in [-0.4, -0.2) is 24.7 Å². The Labute approximate surface area is 155 Å². The lowest BCUT2D eigenvalue weighted by atomic mass is 9.92. The second-order valence-electron chi connectivity index (χ2n) is 5.93. The first-order valence-electron chi connectivity index (χ1n) is 8.08. The summed E-state index contributed by atoms with van der Waals surface area (Å²) < 4.78 is 19.6. The molecule has 2 N–H and O–H groups in total. The van der Waals surface area contributed by atoms with Gasteiger partial charge in [-0.1, -0.05) is 12.1 Å². The van der Waals surface area contributed by atoms with Gasteiger partial charge < -0.3 is 15.4 Å². The smallest absolute Gasteiger partial charge is 0.217 e. The van der Waals surface area contributed by atoms with Crippen LogP contribution in [0.15, 0.2) is 36.5 Å². The summed E-state index contributed by atoms with van der Waals surface area (Å²) in [4.78, 5) is 4.32. The van der Waals surface area contributed by atoms with Crippen LogP contribution < -0.4 is 15.4 Å². The number of nitrogens with zero attached hydrogens (tertiary/aromatic N) is 1. The number of methoxy groups -OCH3 is 1. The average Bonchev–Trinajstić information content (AvgIpc) is 2.61. The third-order valence-corrected chi connectivity index (χ3v) is 4.92. The number of benzene rings is 1. The van der Waals surface area contributed by atoms with Gasteiger partial charge in [-0.3, -0.25) is 0 Å². The van der Waals surface area contributed by atoms with E-state index in [1.807, 2.05) is 12.1 Å². The molecule has 1 aromatic carbocycles. The van der Waals surface area contributed by atoms with Crippen LogP contribution in [0.25, 0.3) is 0 Å². The van der Waals surface area contributed by atoms with Crippen molar-refractivity contribution in [1.82, 2.24) is 15.6 Å². The fourth-order valence-corrected chi connectivity index (χ4v) is 3.66. The lowest BCUT2D eigenvalue weighted by molar-refractivity contribution is 0.302. The van der Waals surface area contributed by atoms with Gasteiger partial charge in [0.1, 0.15) is 5.82 Å². The molecule has 0 aliphatic carbocycles. The molecule has 3 rings (SSSR count). The number of hydrogen-bond acceptors (Lipinski definition) is 4. The molecule has 2 aromatic rings. The normalized spacial score (nSPS) is 20.8. The molecule has 0 radical (unpaired) electrons. The Morgan fingerprint density at radius 3 is 2.92 bits per heavy atom. The Kier molecular flexibility index (Phi) is 6.02. The van der Waals surface area contributed by atoms with Crippen molar-refractivity contribution in [3.8, 4) is 5.88 Å². The van der Waals surface area contributed by atoms with Crippen LogP contribution in [0.1, 0.15) is 30.0 Å². The Morgan fingerprint density at radius 1 is 1.38 bits per heavy atom. The molecule has 4 nitrogen and oxygen atoms in total. The SMILES string of the molecule is COc1ncc(I)cc1CN[C@H]1CCCN[C@H]1c1ccc(F)cc1. The molecule has 0 unspecified atom stereocenters. The first-order chi connectivity index (χ1) is 11.7. The molecular formula is C18H21FIN3O. The van der Waals surface area contributed by atoms with E-state index in [4.69, 9.17) is 4.74 Å². The summed E-state index contributed by atoms with van der Waals surface area (Å²) in [5, 5.41) is 7.17. The number of rotatable bonds is 5. The number of nitrogens with one attached hydrogen (secondary N) is 2. The molecule has 2 atom stereocenters. The van der Waals surface area contributed by atoms with Gasteiger partial charge in [0.2, 0.25) is 5.88 Å². The van der Waals surface area contributed by atoms with Gasteiger partial charge in [0, 0.05) is 34.0 Å².